The smallest absolute Gasteiger partial charge is 0.148 e. The maximum atomic E-state index is 6.32. The first kappa shape index (κ1) is 18.8. The molecule has 1 aromatic heterocycles. The minimum Gasteiger partial charge on any atom is -0.368 e. The number of allylic oxidation sites excluding steroid dienone is 1. The highest BCUT2D eigenvalue weighted by molar-refractivity contribution is 6.31. The fourth-order valence-electron chi connectivity index (χ4n) is 2.40. The van der Waals surface area contributed by atoms with E-state index in [1.165, 1.54) is 0 Å². The van der Waals surface area contributed by atoms with Crippen molar-refractivity contribution in [1.82, 2.24) is 10.2 Å². The van der Waals surface area contributed by atoms with Crippen molar-refractivity contribution < 1.29 is 0 Å². The summed E-state index contributed by atoms with van der Waals surface area (Å²) in [5, 5.41) is 12.5. The normalized spacial score (nSPS) is 12.4. The van der Waals surface area contributed by atoms with Gasteiger partial charge in [0.25, 0.3) is 0 Å². The van der Waals surface area contributed by atoms with Crippen molar-refractivity contribution in [3.05, 3.63) is 58.9 Å². The van der Waals surface area contributed by atoms with Crippen molar-refractivity contribution in [2.45, 2.75) is 19.3 Å². The van der Waals surface area contributed by atoms with Crippen molar-refractivity contribution in [1.29, 1.82) is 0 Å². The molecule has 0 saturated heterocycles. The molecular formula is C19H22ClN5. The molecule has 1 N–H and O–H groups in total. The van der Waals surface area contributed by atoms with Crippen LogP contribution < -0.4 is 5.32 Å². The third-order valence-electron chi connectivity index (χ3n) is 3.77. The lowest BCUT2D eigenvalue weighted by atomic mass is 9.84. The average molecular weight is 356 g/mol. The van der Waals surface area contributed by atoms with Crippen LogP contribution in [0.3, 0.4) is 0 Å². The standard InChI is InChI=1S/C19H22ClN5/c1-19(2,15-7-5-6-8-16(15)20)13-23-18-10-9-17(24-25-18)14(11-21-3)12-22-4/h5-12H,3,13H2,1-2,4H3,(H,23,25)/b14-11+,22-12?. The van der Waals surface area contributed by atoms with Gasteiger partial charge in [0.1, 0.15) is 5.82 Å². The Bertz CT molecular complexity index is 779. The van der Waals surface area contributed by atoms with Gasteiger partial charge in [-0.2, -0.15) is 0 Å². The summed E-state index contributed by atoms with van der Waals surface area (Å²) >= 11 is 6.32. The molecule has 2 rings (SSSR count). The van der Waals surface area contributed by atoms with Crippen LogP contribution in [0.15, 0.2) is 52.6 Å². The number of rotatable bonds is 7. The van der Waals surface area contributed by atoms with E-state index in [0.717, 1.165) is 16.2 Å². The summed E-state index contributed by atoms with van der Waals surface area (Å²) in [5.74, 6) is 0.697. The molecule has 0 fully saturated rings. The second-order valence-electron chi connectivity index (χ2n) is 6.18. The molecule has 1 aromatic carbocycles. The van der Waals surface area contributed by atoms with Gasteiger partial charge in [-0.05, 0) is 30.5 Å². The topological polar surface area (TPSA) is 62.5 Å². The lowest BCUT2D eigenvalue weighted by Crippen LogP contribution is -2.28. The SMILES string of the molecule is C=N/C=C(\C=NC)c1ccc(NCC(C)(C)c2ccccc2Cl)nn1. The van der Waals surface area contributed by atoms with E-state index >= 15 is 0 Å². The summed E-state index contributed by atoms with van der Waals surface area (Å²) in [6, 6.07) is 11.6. The zero-order chi connectivity index (χ0) is 18.3. The number of hydrogen-bond acceptors (Lipinski definition) is 5. The highest BCUT2D eigenvalue weighted by Gasteiger charge is 2.23. The molecule has 0 aliphatic carbocycles. The molecule has 0 radical (unpaired) electrons. The van der Waals surface area contributed by atoms with E-state index in [9.17, 15) is 0 Å². The first-order chi connectivity index (χ1) is 12.0. The Kier molecular flexibility index (Phi) is 6.42. The number of hydrogen-bond donors (Lipinski definition) is 1. The molecule has 0 amide bonds. The minimum absolute atomic E-state index is 0.147. The summed E-state index contributed by atoms with van der Waals surface area (Å²) in [4.78, 5) is 7.75. The van der Waals surface area contributed by atoms with E-state index in [-0.39, 0.29) is 5.41 Å². The molecule has 0 bridgehead atoms. The van der Waals surface area contributed by atoms with Crippen molar-refractivity contribution in [2.24, 2.45) is 9.98 Å². The molecular weight excluding hydrogens is 334 g/mol. The van der Waals surface area contributed by atoms with Gasteiger partial charge in [0.2, 0.25) is 0 Å². The largest absolute Gasteiger partial charge is 0.368 e. The van der Waals surface area contributed by atoms with Crippen LogP contribution in [0.5, 0.6) is 0 Å². The fourth-order valence-corrected chi connectivity index (χ4v) is 2.79. The highest BCUT2D eigenvalue weighted by Crippen LogP contribution is 2.29. The van der Waals surface area contributed by atoms with Gasteiger partial charge in [-0.25, -0.2) is 0 Å². The van der Waals surface area contributed by atoms with Gasteiger partial charge in [-0.15, -0.1) is 10.2 Å². The number of anilines is 1. The molecule has 0 aliphatic heterocycles. The molecule has 0 unspecified atom stereocenters. The van der Waals surface area contributed by atoms with Crippen LogP contribution in [0.25, 0.3) is 5.57 Å². The number of nitrogens with one attached hydrogen (secondary N) is 1. The predicted octanol–water partition coefficient (Wildman–Crippen LogP) is 4.26. The summed E-state index contributed by atoms with van der Waals surface area (Å²) in [7, 11) is 1.69. The van der Waals surface area contributed by atoms with E-state index in [2.05, 4.69) is 46.1 Å². The number of benzene rings is 1. The lowest BCUT2D eigenvalue weighted by molar-refractivity contribution is 0.556. The zero-order valence-corrected chi connectivity index (χ0v) is 15.5. The molecule has 0 aliphatic rings. The molecule has 25 heavy (non-hydrogen) atoms. The van der Waals surface area contributed by atoms with Gasteiger partial charge >= 0.3 is 0 Å². The van der Waals surface area contributed by atoms with E-state index in [4.69, 9.17) is 11.6 Å². The van der Waals surface area contributed by atoms with Crippen LogP contribution in [-0.4, -0.2) is 36.7 Å². The summed E-state index contributed by atoms with van der Waals surface area (Å²) < 4.78 is 0. The molecule has 0 atom stereocenters. The molecule has 5 nitrogen and oxygen atoms in total. The third-order valence-corrected chi connectivity index (χ3v) is 4.10. The van der Waals surface area contributed by atoms with Crippen LogP contribution in [-0.2, 0) is 5.41 Å². The quantitative estimate of drug-likeness (QED) is 0.755. The van der Waals surface area contributed by atoms with Crippen molar-refractivity contribution in [3.8, 4) is 0 Å². The Hall–Kier alpha value is -2.53. The number of aromatic nitrogens is 2. The number of nitrogens with zero attached hydrogens (tertiary/aromatic N) is 4. The van der Waals surface area contributed by atoms with Crippen molar-refractivity contribution in [3.63, 3.8) is 0 Å². The van der Waals surface area contributed by atoms with Gasteiger partial charge in [-0.1, -0.05) is 43.6 Å². The Morgan fingerprint density at radius 3 is 2.60 bits per heavy atom. The lowest BCUT2D eigenvalue weighted by Gasteiger charge is -2.26. The second-order valence-corrected chi connectivity index (χ2v) is 6.58. The van der Waals surface area contributed by atoms with Crippen molar-refractivity contribution in [2.75, 3.05) is 18.9 Å². The summed E-state index contributed by atoms with van der Waals surface area (Å²) in [5.41, 5.74) is 2.39. The number of aliphatic imine (C=N–C) groups is 2. The van der Waals surface area contributed by atoms with E-state index in [1.807, 2.05) is 36.4 Å². The molecule has 130 valence electrons. The monoisotopic (exact) mass is 355 g/mol. The van der Waals surface area contributed by atoms with Crippen LogP contribution in [0.1, 0.15) is 25.1 Å². The fraction of sp³-hybridized carbons (Fsp3) is 0.263. The molecule has 0 saturated carbocycles. The molecule has 1 heterocycles. The Balaban J connectivity index is 2.10. The van der Waals surface area contributed by atoms with E-state index < -0.39 is 0 Å². The predicted molar refractivity (Wildman–Crippen MR) is 107 cm³/mol. The molecule has 0 spiro atoms. The zero-order valence-electron chi connectivity index (χ0n) is 14.7. The highest BCUT2D eigenvalue weighted by atomic mass is 35.5. The first-order valence-electron chi connectivity index (χ1n) is 7.89. The Morgan fingerprint density at radius 2 is 2.00 bits per heavy atom. The van der Waals surface area contributed by atoms with Crippen LogP contribution in [0.4, 0.5) is 5.82 Å². The van der Waals surface area contributed by atoms with Gasteiger partial charge < -0.3 is 5.32 Å². The second kappa shape index (κ2) is 8.53. The van der Waals surface area contributed by atoms with Crippen LogP contribution in [0.2, 0.25) is 5.02 Å². The molecule has 2 aromatic rings. The molecule has 6 heteroatoms. The van der Waals surface area contributed by atoms with Gasteiger partial charge in [0, 0.05) is 42.0 Å². The van der Waals surface area contributed by atoms with E-state index in [0.29, 0.717) is 18.1 Å². The maximum Gasteiger partial charge on any atom is 0.148 e. The first-order valence-corrected chi connectivity index (χ1v) is 8.27. The Morgan fingerprint density at radius 1 is 1.24 bits per heavy atom. The van der Waals surface area contributed by atoms with Gasteiger partial charge in [-0.3, -0.25) is 9.98 Å². The summed E-state index contributed by atoms with van der Waals surface area (Å²) in [6.45, 7) is 8.41. The Labute approximate surface area is 153 Å². The van der Waals surface area contributed by atoms with Gasteiger partial charge in [0.15, 0.2) is 0 Å². The van der Waals surface area contributed by atoms with Crippen LogP contribution >= 0.6 is 11.6 Å². The summed E-state index contributed by atoms with van der Waals surface area (Å²) in [6.07, 6.45) is 3.27. The minimum atomic E-state index is -0.147. The van der Waals surface area contributed by atoms with Crippen LogP contribution in [0, 0.1) is 0 Å². The van der Waals surface area contributed by atoms with E-state index in [1.54, 1.807) is 19.5 Å². The van der Waals surface area contributed by atoms with Crippen molar-refractivity contribution >= 4 is 35.9 Å². The average Bonchev–Trinajstić information content (AvgIpc) is 2.61. The third kappa shape index (κ3) is 4.97. The van der Waals surface area contributed by atoms with Gasteiger partial charge in [0.05, 0.1) is 5.69 Å². The maximum absolute atomic E-state index is 6.32. The number of halogens is 1.